The predicted octanol–water partition coefficient (Wildman–Crippen LogP) is 1.40. The van der Waals surface area contributed by atoms with Crippen molar-refractivity contribution >= 4 is 27.3 Å². The lowest BCUT2D eigenvalue weighted by atomic mass is 10.1. The molecule has 0 bridgehead atoms. The molecule has 1 aromatic heterocycles. The molecule has 0 saturated heterocycles. The largest absolute Gasteiger partial charge is 0.481 e. The van der Waals surface area contributed by atoms with E-state index in [9.17, 15) is 13.2 Å². The van der Waals surface area contributed by atoms with Crippen LogP contribution in [-0.2, 0) is 14.8 Å². The van der Waals surface area contributed by atoms with Gasteiger partial charge in [-0.3, -0.25) is 4.79 Å². The molecular formula is C11H14N2O4S2. The van der Waals surface area contributed by atoms with Crippen LogP contribution >= 0.6 is 11.3 Å². The number of nitrogens with zero attached hydrogens (tertiary/aromatic N) is 1. The standard InChI is InChI=1S/C11H14N2O4S2/c1-8(11(14)15)3-2-6-13-19(16,17)10-5-4-9(7-12)18-10/h4-5,8,13H,2-3,6H2,1H3,(H,14,15). The maximum absolute atomic E-state index is 11.8. The molecule has 1 heterocycles. The Labute approximate surface area is 115 Å². The van der Waals surface area contributed by atoms with E-state index < -0.39 is 21.9 Å². The Morgan fingerprint density at radius 1 is 1.58 bits per heavy atom. The van der Waals surface area contributed by atoms with Gasteiger partial charge in [0.1, 0.15) is 15.2 Å². The van der Waals surface area contributed by atoms with Crippen LogP contribution in [0.1, 0.15) is 24.6 Å². The molecule has 104 valence electrons. The van der Waals surface area contributed by atoms with Crippen LogP contribution in [0.15, 0.2) is 16.3 Å². The Hall–Kier alpha value is -1.43. The summed E-state index contributed by atoms with van der Waals surface area (Å²) in [6, 6.07) is 4.71. The Bertz CT molecular complexity index is 586. The van der Waals surface area contributed by atoms with Crippen LogP contribution < -0.4 is 4.72 Å². The van der Waals surface area contributed by atoms with Crippen LogP contribution in [0, 0.1) is 17.2 Å². The van der Waals surface area contributed by atoms with E-state index in [0.717, 1.165) is 11.3 Å². The second-order valence-electron chi connectivity index (χ2n) is 4.01. The zero-order valence-electron chi connectivity index (χ0n) is 10.3. The van der Waals surface area contributed by atoms with Gasteiger partial charge in [0.15, 0.2) is 0 Å². The minimum absolute atomic E-state index is 0.0929. The summed E-state index contributed by atoms with van der Waals surface area (Å²) in [6.07, 6.45) is 0.856. The van der Waals surface area contributed by atoms with Crippen molar-refractivity contribution in [1.82, 2.24) is 4.72 Å². The normalized spacial score (nSPS) is 12.8. The Balaban J connectivity index is 2.48. The average Bonchev–Trinajstić information content (AvgIpc) is 2.83. The lowest BCUT2D eigenvalue weighted by Gasteiger charge is -2.07. The van der Waals surface area contributed by atoms with Crippen molar-refractivity contribution < 1.29 is 18.3 Å². The lowest BCUT2D eigenvalue weighted by Crippen LogP contribution is -2.24. The number of nitrogens with one attached hydrogen (secondary N) is 1. The van der Waals surface area contributed by atoms with Gasteiger partial charge in [0.2, 0.25) is 10.0 Å². The maximum Gasteiger partial charge on any atom is 0.306 e. The number of sulfonamides is 1. The molecule has 0 aliphatic rings. The minimum atomic E-state index is -3.60. The average molecular weight is 302 g/mol. The van der Waals surface area contributed by atoms with Crippen molar-refractivity contribution in [2.75, 3.05) is 6.54 Å². The van der Waals surface area contributed by atoms with Gasteiger partial charge in [0.25, 0.3) is 0 Å². The molecule has 0 aromatic carbocycles. The van der Waals surface area contributed by atoms with Gasteiger partial charge in [-0.1, -0.05) is 6.92 Å². The van der Waals surface area contributed by atoms with Crippen molar-refractivity contribution in [1.29, 1.82) is 5.26 Å². The lowest BCUT2D eigenvalue weighted by molar-refractivity contribution is -0.141. The third kappa shape index (κ3) is 4.63. The topological polar surface area (TPSA) is 107 Å². The number of rotatable bonds is 7. The van der Waals surface area contributed by atoms with Crippen molar-refractivity contribution in [3.63, 3.8) is 0 Å². The summed E-state index contributed by atoms with van der Waals surface area (Å²) in [7, 11) is -3.60. The molecule has 1 atom stereocenters. The quantitative estimate of drug-likeness (QED) is 0.740. The van der Waals surface area contributed by atoms with E-state index >= 15 is 0 Å². The van der Waals surface area contributed by atoms with Crippen molar-refractivity contribution in [3.05, 3.63) is 17.0 Å². The summed E-state index contributed by atoms with van der Waals surface area (Å²) in [6.45, 7) is 1.76. The zero-order valence-corrected chi connectivity index (χ0v) is 11.9. The van der Waals surface area contributed by atoms with Crippen LogP contribution in [0.4, 0.5) is 0 Å². The van der Waals surface area contributed by atoms with Gasteiger partial charge in [0.05, 0.1) is 5.92 Å². The highest BCUT2D eigenvalue weighted by atomic mass is 32.2. The zero-order chi connectivity index (χ0) is 14.5. The minimum Gasteiger partial charge on any atom is -0.481 e. The van der Waals surface area contributed by atoms with Crippen molar-refractivity contribution in [2.24, 2.45) is 5.92 Å². The monoisotopic (exact) mass is 302 g/mol. The first-order valence-corrected chi connectivity index (χ1v) is 7.89. The van der Waals surface area contributed by atoms with Crippen LogP contribution in [0.3, 0.4) is 0 Å². The van der Waals surface area contributed by atoms with Gasteiger partial charge in [0, 0.05) is 6.54 Å². The van der Waals surface area contributed by atoms with Gasteiger partial charge in [-0.2, -0.15) is 5.26 Å². The van der Waals surface area contributed by atoms with Crippen LogP contribution in [-0.4, -0.2) is 26.0 Å². The molecule has 0 fully saturated rings. The summed E-state index contributed by atoms with van der Waals surface area (Å²) < 4.78 is 26.1. The molecule has 0 spiro atoms. The molecular weight excluding hydrogens is 288 g/mol. The number of carboxylic acids is 1. The number of carbonyl (C=O) groups is 1. The van der Waals surface area contributed by atoms with Gasteiger partial charge in [-0.25, -0.2) is 13.1 Å². The number of nitriles is 1. The fourth-order valence-electron chi connectivity index (χ4n) is 1.33. The van der Waals surface area contributed by atoms with E-state index in [1.54, 1.807) is 6.92 Å². The summed E-state index contributed by atoms with van der Waals surface area (Å²) in [5, 5.41) is 17.3. The first-order valence-electron chi connectivity index (χ1n) is 5.59. The van der Waals surface area contributed by atoms with Crippen LogP contribution in [0.25, 0.3) is 0 Å². The van der Waals surface area contributed by atoms with E-state index in [4.69, 9.17) is 10.4 Å². The molecule has 6 nitrogen and oxygen atoms in total. The van der Waals surface area contributed by atoms with Crippen LogP contribution in [0.5, 0.6) is 0 Å². The maximum atomic E-state index is 11.8. The third-order valence-corrected chi connectivity index (χ3v) is 5.43. The van der Waals surface area contributed by atoms with Gasteiger partial charge < -0.3 is 5.11 Å². The van der Waals surface area contributed by atoms with E-state index in [1.165, 1.54) is 12.1 Å². The number of carboxylic acid groups (broad SMARTS) is 1. The predicted molar refractivity (Wildman–Crippen MR) is 70.3 cm³/mol. The molecule has 0 amide bonds. The summed E-state index contributed by atoms with van der Waals surface area (Å²) in [5.41, 5.74) is 0. The molecule has 19 heavy (non-hydrogen) atoms. The molecule has 8 heteroatoms. The van der Waals surface area contributed by atoms with Crippen LogP contribution in [0.2, 0.25) is 0 Å². The molecule has 2 N–H and O–H groups in total. The second kappa shape index (κ2) is 6.65. The molecule has 0 aliphatic heterocycles. The molecule has 1 rings (SSSR count). The van der Waals surface area contributed by atoms with E-state index in [2.05, 4.69) is 4.72 Å². The highest BCUT2D eigenvalue weighted by molar-refractivity contribution is 7.91. The van der Waals surface area contributed by atoms with Gasteiger partial charge in [-0.05, 0) is 25.0 Å². The Morgan fingerprint density at radius 2 is 2.26 bits per heavy atom. The molecule has 1 aromatic rings. The molecule has 1 unspecified atom stereocenters. The number of hydrogen-bond acceptors (Lipinski definition) is 5. The van der Waals surface area contributed by atoms with Gasteiger partial charge >= 0.3 is 5.97 Å². The fraction of sp³-hybridized carbons (Fsp3) is 0.455. The smallest absolute Gasteiger partial charge is 0.306 e. The third-order valence-electron chi connectivity index (χ3n) is 2.48. The summed E-state index contributed by atoms with van der Waals surface area (Å²) >= 11 is 0.903. The number of aliphatic carboxylic acids is 1. The summed E-state index contributed by atoms with van der Waals surface area (Å²) in [5.74, 6) is -1.38. The molecule has 0 saturated carbocycles. The first-order chi connectivity index (χ1) is 8.86. The molecule has 0 radical (unpaired) electrons. The van der Waals surface area contributed by atoms with Crippen molar-refractivity contribution in [3.8, 4) is 6.07 Å². The van der Waals surface area contributed by atoms with Crippen molar-refractivity contribution in [2.45, 2.75) is 24.0 Å². The Kier molecular flexibility index (Phi) is 5.47. The second-order valence-corrected chi connectivity index (χ2v) is 7.09. The number of hydrogen-bond donors (Lipinski definition) is 2. The summed E-state index contributed by atoms with van der Waals surface area (Å²) in [4.78, 5) is 10.9. The molecule has 0 aliphatic carbocycles. The highest BCUT2D eigenvalue weighted by Crippen LogP contribution is 2.20. The Morgan fingerprint density at radius 3 is 2.79 bits per heavy atom. The van der Waals surface area contributed by atoms with E-state index in [0.29, 0.717) is 17.7 Å². The van der Waals surface area contributed by atoms with Gasteiger partial charge in [-0.15, -0.1) is 11.3 Å². The van der Waals surface area contributed by atoms with E-state index in [-0.39, 0.29) is 10.8 Å². The number of thiophene rings is 1. The SMILES string of the molecule is CC(CCCNS(=O)(=O)c1ccc(C#N)s1)C(=O)O. The highest BCUT2D eigenvalue weighted by Gasteiger charge is 2.17. The van der Waals surface area contributed by atoms with E-state index in [1.807, 2.05) is 6.07 Å². The first kappa shape index (κ1) is 15.6. The fourth-order valence-corrected chi connectivity index (χ4v) is 3.56.